The minimum Gasteiger partial charge on any atom is -0.465 e. The van der Waals surface area contributed by atoms with E-state index in [1.807, 2.05) is 20.8 Å². The molecule has 1 heterocycles. The number of anilines is 2. The average Bonchev–Trinajstić information content (AvgIpc) is 2.62. The second-order valence-electron chi connectivity index (χ2n) is 11.1. The standard InChI is InChI=1S/C23H37ClN4O3Si/c1-22(2,3)28(21(29)30)17-9-10-27(14-19(17)31-32(7,8)23(4,5)6)18-12-15(13-25)11-16(26)20(18)24/h11-12,17,19H,9-10,14,26H2,1-8H3,(H,29,30)/t17-,19-/m1/s1. The van der Waals surface area contributed by atoms with E-state index in [2.05, 4.69) is 44.8 Å². The fourth-order valence-electron chi connectivity index (χ4n) is 3.94. The van der Waals surface area contributed by atoms with Crippen LogP contribution in [0.3, 0.4) is 0 Å². The number of nitrogens with two attached hydrogens (primary N) is 1. The Balaban J connectivity index is 2.50. The number of nitriles is 1. The predicted octanol–water partition coefficient (Wildman–Crippen LogP) is 5.54. The molecule has 178 valence electrons. The largest absolute Gasteiger partial charge is 0.465 e. The Labute approximate surface area is 198 Å². The van der Waals surface area contributed by atoms with Gasteiger partial charge in [0.2, 0.25) is 0 Å². The molecule has 3 N–H and O–H groups in total. The number of benzene rings is 1. The first kappa shape index (κ1) is 26.3. The van der Waals surface area contributed by atoms with Crippen molar-refractivity contribution in [3.8, 4) is 6.07 Å². The summed E-state index contributed by atoms with van der Waals surface area (Å²) in [5, 5.41) is 19.8. The molecule has 1 fully saturated rings. The third-order valence-electron chi connectivity index (χ3n) is 6.59. The minimum absolute atomic E-state index is 0.0294. The van der Waals surface area contributed by atoms with E-state index in [0.29, 0.717) is 41.5 Å². The van der Waals surface area contributed by atoms with Crippen molar-refractivity contribution in [3.05, 3.63) is 22.7 Å². The Kier molecular flexibility index (Phi) is 7.50. The lowest BCUT2D eigenvalue weighted by Gasteiger charge is -2.51. The Morgan fingerprint density at radius 3 is 2.38 bits per heavy atom. The molecule has 0 unspecified atom stereocenters. The van der Waals surface area contributed by atoms with E-state index in [4.69, 9.17) is 21.8 Å². The smallest absolute Gasteiger partial charge is 0.408 e. The van der Waals surface area contributed by atoms with Crippen LogP contribution in [0, 0.1) is 11.3 Å². The first-order valence-electron chi connectivity index (χ1n) is 10.9. The average molecular weight is 481 g/mol. The number of amides is 1. The van der Waals surface area contributed by atoms with E-state index >= 15 is 0 Å². The van der Waals surface area contributed by atoms with Crippen LogP contribution in [0.15, 0.2) is 12.1 Å². The van der Waals surface area contributed by atoms with E-state index < -0.39 is 19.9 Å². The van der Waals surface area contributed by atoms with Crippen LogP contribution in [-0.4, -0.2) is 55.2 Å². The first-order valence-corrected chi connectivity index (χ1v) is 14.2. The number of hydrogen-bond donors (Lipinski definition) is 2. The van der Waals surface area contributed by atoms with Crippen molar-refractivity contribution < 1.29 is 14.3 Å². The summed E-state index contributed by atoms with van der Waals surface area (Å²) in [5.74, 6) is 0. The molecule has 1 aliphatic heterocycles. The van der Waals surface area contributed by atoms with E-state index in [0.717, 1.165) is 0 Å². The van der Waals surface area contributed by atoms with Gasteiger partial charge in [-0.25, -0.2) is 4.79 Å². The van der Waals surface area contributed by atoms with Crippen molar-refractivity contribution in [1.82, 2.24) is 4.90 Å². The number of rotatable bonds is 4. The van der Waals surface area contributed by atoms with Crippen molar-refractivity contribution in [2.24, 2.45) is 0 Å². The zero-order valence-corrected chi connectivity index (χ0v) is 22.2. The highest BCUT2D eigenvalue weighted by Crippen LogP contribution is 2.41. The highest BCUT2D eigenvalue weighted by molar-refractivity contribution is 6.74. The lowest BCUT2D eigenvalue weighted by molar-refractivity contribution is 0.00426. The monoisotopic (exact) mass is 480 g/mol. The van der Waals surface area contributed by atoms with Gasteiger partial charge in [-0.2, -0.15) is 5.26 Å². The summed E-state index contributed by atoms with van der Waals surface area (Å²) in [4.78, 5) is 15.9. The second-order valence-corrected chi connectivity index (χ2v) is 16.2. The molecule has 2 rings (SSSR count). The number of carboxylic acid groups (broad SMARTS) is 1. The van der Waals surface area contributed by atoms with Crippen LogP contribution in [0.5, 0.6) is 0 Å². The van der Waals surface area contributed by atoms with Gasteiger partial charge in [0.25, 0.3) is 0 Å². The fraction of sp³-hybridized carbons (Fsp3) is 0.652. The molecule has 1 aromatic rings. The summed E-state index contributed by atoms with van der Waals surface area (Å²) in [5.41, 5.74) is 6.95. The summed E-state index contributed by atoms with van der Waals surface area (Å²) in [6.45, 7) is 17.6. The predicted molar refractivity (Wildman–Crippen MR) is 133 cm³/mol. The van der Waals surface area contributed by atoms with Gasteiger partial charge in [0, 0.05) is 18.6 Å². The molecule has 1 aromatic carbocycles. The topological polar surface area (TPSA) is 103 Å². The van der Waals surface area contributed by atoms with Gasteiger partial charge in [-0.3, -0.25) is 4.90 Å². The minimum atomic E-state index is -2.20. The summed E-state index contributed by atoms with van der Waals surface area (Å²) in [6, 6.07) is 5.13. The number of nitrogen functional groups attached to an aromatic ring is 1. The van der Waals surface area contributed by atoms with Crippen LogP contribution in [0.25, 0.3) is 0 Å². The van der Waals surface area contributed by atoms with Gasteiger partial charge in [-0.15, -0.1) is 0 Å². The van der Waals surface area contributed by atoms with Crippen molar-refractivity contribution in [1.29, 1.82) is 5.26 Å². The Morgan fingerprint density at radius 2 is 1.91 bits per heavy atom. The van der Waals surface area contributed by atoms with Crippen LogP contribution >= 0.6 is 11.6 Å². The van der Waals surface area contributed by atoms with E-state index in [1.54, 1.807) is 12.1 Å². The zero-order chi connectivity index (χ0) is 24.6. The first-order chi connectivity index (χ1) is 14.5. The molecule has 0 spiro atoms. The third-order valence-corrected chi connectivity index (χ3v) is 11.5. The number of carbonyl (C=O) groups is 1. The maximum Gasteiger partial charge on any atom is 0.408 e. The van der Waals surface area contributed by atoms with Gasteiger partial charge in [0.15, 0.2) is 8.32 Å². The lowest BCUT2D eigenvalue weighted by atomic mass is 9.94. The molecule has 0 aliphatic carbocycles. The fourth-order valence-corrected chi connectivity index (χ4v) is 5.51. The third kappa shape index (κ3) is 5.51. The SMILES string of the molecule is CC(C)(C)N(C(=O)O)[C@@H]1CCN(c2cc(C#N)cc(N)c2Cl)C[C@H]1O[Si](C)(C)C(C)(C)C. The normalized spacial score (nSPS) is 20.1. The van der Waals surface area contributed by atoms with Crippen LogP contribution in [0.4, 0.5) is 16.2 Å². The van der Waals surface area contributed by atoms with Gasteiger partial charge in [-0.05, 0) is 57.5 Å². The van der Waals surface area contributed by atoms with E-state index in [1.165, 1.54) is 4.90 Å². The highest BCUT2D eigenvalue weighted by atomic mass is 35.5. The molecule has 1 aliphatic rings. The maximum absolute atomic E-state index is 12.3. The summed E-state index contributed by atoms with van der Waals surface area (Å²) >= 11 is 6.52. The van der Waals surface area contributed by atoms with Crippen LogP contribution in [0.2, 0.25) is 23.2 Å². The summed E-state index contributed by atoms with van der Waals surface area (Å²) in [7, 11) is -2.20. The molecular weight excluding hydrogens is 444 g/mol. The number of hydrogen-bond acceptors (Lipinski definition) is 5. The van der Waals surface area contributed by atoms with Crippen LogP contribution in [0.1, 0.15) is 53.5 Å². The number of piperidine rings is 1. The molecule has 0 bridgehead atoms. The second kappa shape index (κ2) is 9.12. The van der Waals surface area contributed by atoms with E-state index in [-0.39, 0.29) is 17.2 Å². The van der Waals surface area contributed by atoms with Gasteiger partial charge in [0.05, 0.1) is 40.2 Å². The molecule has 0 saturated carbocycles. The number of halogens is 1. The molecule has 9 heteroatoms. The van der Waals surface area contributed by atoms with Gasteiger partial charge in [0.1, 0.15) is 0 Å². The Hall–Kier alpha value is -1.95. The molecule has 0 radical (unpaired) electrons. The van der Waals surface area contributed by atoms with Gasteiger partial charge < -0.3 is 20.2 Å². The van der Waals surface area contributed by atoms with E-state index in [9.17, 15) is 15.2 Å². The molecular formula is C23H37ClN4O3Si. The quantitative estimate of drug-likeness (QED) is 0.433. The highest BCUT2D eigenvalue weighted by Gasteiger charge is 2.46. The molecule has 1 saturated heterocycles. The summed E-state index contributed by atoms with van der Waals surface area (Å²) in [6.07, 6.45) is -0.716. The molecule has 0 aromatic heterocycles. The van der Waals surface area contributed by atoms with Crippen molar-refractivity contribution >= 4 is 37.4 Å². The maximum atomic E-state index is 12.3. The van der Waals surface area contributed by atoms with Crippen molar-refractivity contribution in [2.45, 2.75) is 83.8 Å². The Bertz CT molecular complexity index is 902. The van der Waals surface area contributed by atoms with Gasteiger partial charge >= 0.3 is 6.09 Å². The molecule has 7 nitrogen and oxygen atoms in total. The Morgan fingerprint density at radius 1 is 1.31 bits per heavy atom. The van der Waals surface area contributed by atoms with Crippen LogP contribution < -0.4 is 10.6 Å². The van der Waals surface area contributed by atoms with Gasteiger partial charge in [-0.1, -0.05) is 32.4 Å². The zero-order valence-electron chi connectivity index (χ0n) is 20.5. The number of nitrogens with zero attached hydrogens (tertiary/aromatic N) is 3. The van der Waals surface area contributed by atoms with Crippen molar-refractivity contribution in [3.63, 3.8) is 0 Å². The van der Waals surface area contributed by atoms with Crippen molar-refractivity contribution in [2.75, 3.05) is 23.7 Å². The molecule has 1 amide bonds. The molecule has 32 heavy (non-hydrogen) atoms. The summed E-state index contributed by atoms with van der Waals surface area (Å²) < 4.78 is 6.81. The molecule has 2 atom stereocenters. The van der Waals surface area contributed by atoms with Crippen LogP contribution in [-0.2, 0) is 4.43 Å². The lowest BCUT2D eigenvalue weighted by Crippen LogP contribution is -2.63.